The van der Waals surface area contributed by atoms with Crippen molar-refractivity contribution >= 4 is 5.82 Å². The minimum Gasteiger partial charge on any atom is -0.380 e. The van der Waals surface area contributed by atoms with Crippen LogP contribution in [0.4, 0.5) is 5.82 Å². The molecule has 5 heteroatoms. The zero-order chi connectivity index (χ0) is 11.2. The van der Waals surface area contributed by atoms with Gasteiger partial charge in [0.15, 0.2) is 0 Å². The van der Waals surface area contributed by atoms with Gasteiger partial charge >= 0.3 is 0 Å². The number of nitrogens with one attached hydrogen (secondary N) is 1. The fourth-order valence-corrected chi connectivity index (χ4v) is 1.89. The van der Waals surface area contributed by atoms with Crippen molar-refractivity contribution in [1.82, 2.24) is 9.88 Å². The molecule has 0 bridgehead atoms. The van der Waals surface area contributed by atoms with Gasteiger partial charge < -0.3 is 10.2 Å². The summed E-state index contributed by atoms with van der Waals surface area (Å²) >= 11 is 0. The van der Waals surface area contributed by atoms with Crippen LogP contribution in [-0.2, 0) is 11.3 Å². The zero-order valence-corrected chi connectivity index (χ0v) is 9.35. The van der Waals surface area contributed by atoms with E-state index < -0.39 is 0 Å². The van der Waals surface area contributed by atoms with Crippen molar-refractivity contribution in [2.24, 2.45) is 5.84 Å². The molecule has 0 aliphatic carbocycles. The van der Waals surface area contributed by atoms with Gasteiger partial charge in [0, 0.05) is 38.0 Å². The van der Waals surface area contributed by atoms with Gasteiger partial charge in [-0.05, 0) is 12.5 Å². The zero-order valence-electron chi connectivity index (χ0n) is 9.35. The summed E-state index contributed by atoms with van der Waals surface area (Å²) in [5.41, 5.74) is 3.76. The molecule has 0 radical (unpaired) electrons. The topological polar surface area (TPSA) is 63.4 Å². The summed E-state index contributed by atoms with van der Waals surface area (Å²) in [5, 5.41) is 0. The number of hydrogen-bond acceptors (Lipinski definition) is 5. The van der Waals surface area contributed by atoms with E-state index in [1.807, 2.05) is 12.1 Å². The normalized spacial score (nSPS) is 18.1. The molecule has 1 aromatic rings. The fourth-order valence-electron chi connectivity index (χ4n) is 1.89. The Morgan fingerprint density at radius 2 is 2.38 bits per heavy atom. The molecule has 2 rings (SSSR count). The average molecular weight is 222 g/mol. The Morgan fingerprint density at radius 3 is 3.25 bits per heavy atom. The van der Waals surface area contributed by atoms with Crippen LogP contribution in [0.1, 0.15) is 12.0 Å². The Morgan fingerprint density at radius 1 is 1.44 bits per heavy atom. The monoisotopic (exact) mass is 222 g/mol. The lowest BCUT2D eigenvalue weighted by atomic mass is 10.2. The molecule has 0 atom stereocenters. The molecule has 1 aliphatic heterocycles. The molecule has 1 fully saturated rings. The minimum absolute atomic E-state index is 0.757. The first-order valence-corrected chi connectivity index (χ1v) is 5.61. The lowest BCUT2D eigenvalue weighted by Crippen LogP contribution is -2.26. The minimum atomic E-state index is 0.757. The van der Waals surface area contributed by atoms with Gasteiger partial charge in [-0.15, -0.1) is 0 Å². The van der Waals surface area contributed by atoms with Crippen molar-refractivity contribution in [2.45, 2.75) is 13.0 Å². The van der Waals surface area contributed by atoms with E-state index in [-0.39, 0.29) is 0 Å². The van der Waals surface area contributed by atoms with E-state index >= 15 is 0 Å². The number of nitrogens with zero attached hydrogens (tertiary/aromatic N) is 2. The second-order valence-corrected chi connectivity index (χ2v) is 3.90. The first kappa shape index (κ1) is 11.3. The number of nitrogens with two attached hydrogens (primary N) is 1. The number of pyridine rings is 1. The summed E-state index contributed by atoms with van der Waals surface area (Å²) in [6.07, 6.45) is 2.83. The van der Waals surface area contributed by atoms with E-state index in [1.54, 1.807) is 6.20 Å². The Kier molecular flexibility index (Phi) is 4.10. The SMILES string of the molecule is NNc1ncccc1CN1CCCOCC1. The highest BCUT2D eigenvalue weighted by Gasteiger charge is 2.11. The number of nitrogen functional groups attached to an aromatic ring is 1. The molecule has 0 saturated carbocycles. The molecule has 1 aromatic heterocycles. The van der Waals surface area contributed by atoms with Crippen LogP contribution in [0, 0.1) is 0 Å². The van der Waals surface area contributed by atoms with E-state index in [9.17, 15) is 0 Å². The summed E-state index contributed by atoms with van der Waals surface area (Å²) in [7, 11) is 0. The van der Waals surface area contributed by atoms with Crippen LogP contribution < -0.4 is 11.3 Å². The molecule has 3 N–H and O–H groups in total. The highest BCUT2D eigenvalue weighted by Crippen LogP contribution is 2.13. The molecule has 0 spiro atoms. The fraction of sp³-hybridized carbons (Fsp3) is 0.545. The molecular formula is C11H18N4O. The van der Waals surface area contributed by atoms with E-state index in [0.29, 0.717) is 0 Å². The Balaban J connectivity index is 2.01. The van der Waals surface area contributed by atoms with Crippen molar-refractivity contribution < 1.29 is 4.74 Å². The van der Waals surface area contributed by atoms with Gasteiger partial charge in [-0.3, -0.25) is 4.90 Å². The molecule has 0 amide bonds. The maximum absolute atomic E-state index is 5.43. The predicted octanol–water partition coefficient (Wildman–Crippen LogP) is 0.589. The third kappa shape index (κ3) is 2.91. The highest BCUT2D eigenvalue weighted by atomic mass is 16.5. The lowest BCUT2D eigenvalue weighted by Gasteiger charge is -2.20. The Labute approximate surface area is 95.6 Å². The van der Waals surface area contributed by atoms with E-state index in [0.717, 1.165) is 50.7 Å². The number of hydrogen-bond donors (Lipinski definition) is 2. The van der Waals surface area contributed by atoms with Crippen LogP contribution in [0.5, 0.6) is 0 Å². The van der Waals surface area contributed by atoms with E-state index in [1.165, 1.54) is 0 Å². The molecule has 0 unspecified atom stereocenters. The largest absolute Gasteiger partial charge is 0.380 e. The first-order chi connectivity index (χ1) is 7.90. The second-order valence-electron chi connectivity index (χ2n) is 3.90. The van der Waals surface area contributed by atoms with Crippen LogP contribution in [0.15, 0.2) is 18.3 Å². The van der Waals surface area contributed by atoms with Gasteiger partial charge in [0.1, 0.15) is 5.82 Å². The maximum atomic E-state index is 5.43. The number of ether oxygens (including phenoxy) is 1. The van der Waals surface area contributed by atoms with Crippen molar-refractivity contribution in [3.05, 3.63) is 23.9 Å². The van der Waals surface area contributed by atoms with Crippen molar-refractivity contribution in [3.8, 4) is 0 Å². The van der Waals surface area contributed by atoms with E-state index in [4.69, 9.17) is 10.6 Å². The number of anilines is 1. The van der Waals surface area contributed by atoms with Gasteiger partial charge in [0.25, 0.3) is 0 Å². The lowest BCUT2D eigenvalue weighted by molar-refractivity contribution is 0.140. The molecular weight excluding hydrogens is 204 g/mol. The van der Waals surface area contributed by atoms with Crippen molar-refractivity contribution in [1.29, 1.82) is 0 Å². The molecule has 0 aromatic carbocycles. The Hall–Kier alpha value is -1.17. The molecule has 2 heterocycles. The highest BCUT2D eigenvalue weighted by molar-refractivity contribution is 5.42. The van der Waals surface area contributed by atoms with E-state index in [2.05, 4.69) is 15.3 Å². The number of hydrazine groups is 1. The number of aromatic nitrogens is 1. The van der Waals surface area contributed by atoms with Gasteiger partial charge in [0.2, 0.25) is 0 Å². The Bertz CT molecular complexity index is 324. The second kappa shape index (κ2) is 5.79. The van der Waals surface area contributed by atoms with Crippen molar-refractivity contribution in [2.75, 3.05) is 31.7 Å². The van der Waals surface area contributed by atoms with Crippen LogP contribution in [0.3, 0.4) is 0 Å². The number of rotatable bonds is 3. The molecule has 1 aliphatic rings. The molecule has 5 nitrogen and oxygen atoms in total. The average Bonchev–Trinajstić information content (AvgIpc) is 2.58. The maximum Gasteiger partial charge on any atom is 0.144 e. The van der Waals surface area contributed by atoms with Crippen LogP contribution in [-0.4, -0.2) is 36.2 Å². The molecule has 88 valence electrons. The third-order valence-corrected chi connectivity index (χ3v) is 2.74. The predicted molar refractivity (Wildman–Crippen MR) is 62.8 cm³/mol. The standard InChI is InChI=1S/C11H18N4O/c12-14-11-10(3-1-4-13-11)9-15-5-2-7-16-8-6-15/h1,3-4H,2,5-9,12H2,(H,13,14). The first-order valence-electron chi connectivity index (χ1n) is 5.61. The summed E-state index contributed by atoms with van der Waals surface area (Å²) < 4.78 is 5.42. The van der Waals surface area contributed by atoms with Gasteiger partial charge in [-0.25, -0.2) is 10.8 Å². The summed E-state index contributed by atoms with van der Waals surface area (Å²) in [4.78, 5) is 6.56. The molecule has 16 heavy (non-hydrogen) atoms. The summed E-state index contributed by atoms with van der Waals surface area (Å²) in [6.45, 7) is 4.59. The summed E-state index contributed by atoms with van der Waals surface area (Å²) in [6, 6.07) is 3.98. The summed E-state index contributed by atoms with van der Waals surface area (Å²) in [5.74, 6) is 6.19. The van der Waals surface area contributed by atoms with Gasteiger partial charge in [0.05, 0.1) is 6.61 Å². The van der Waals surface area contributed by atoms with Crippen LogP contribution >= 0.6 is 0 Å². The third-order valence-electron chi connectivity index (χ3n) is 2.74. The quantitative estimate of drug-likeness (QED) is 0.579. The van der Waals surface area contributed by atoms with Crippen LogP contribution in [0.2, 0.25) is 0 Å². The van der Waals surface area contributed by atoms with Crippen molar-refractivity contribution in [3.63, 3.8) is 0 Å². The van der Waals surface area contributed by atoms with Crippen LogP contribution in [0.25, 0.3) is 0 Å². The molecule has 1 saturated heterocycles. The smallest absolute Gasteiger partial charge is 0.144 e. The van der Waals surface area contributed by atoms with Gasteiger partial charge in [-0.2, -0.15) is 0 Å². The van der Waals surface area contributed by atoms with Gasteiger partial charge in [-0.1, -0.05) is 6.07 Å².